The summed E-state index contributed by atoms with van der Waals surface area (Å²) < 4.78 is 41.7. The number of nitrogens with one attached hydrogen (secondary N) is 1. The smallest absolute Gasteiger partial charge is 0.150 e. The first-order valence-electron chi connectivity index (χ1n) is 20.3. The fourth-order valence-corrected chi connectivity index (χ4v) is 12.9. The number of aryl methyl sites for hydroxylation is 1. The van der Waals surface area contributed by atoms with E-state index in [-0.39, 0.29) is 16.3 Å². The van der Waals surface area contributed by atoms with Crippen LogP contribution in [0.4, 0.5) is 5.69 Å². The molecule has 5 aliphatic rings. The lowest BCUT2D eigenvalue weighted by molar-refractivity contribution is -0.135. The highest BCUT2D eigenvalue weighted by molar-refractivity contribution is 7.85. The molecule has 9 atom stereocenters. The van der Waals surface area contributed by atoms with Crippen LogP contribution in [0.5, 0.6) is 5.75 Å². The van der Waals surface area contributed by atoms with Gasteiger partial charge in [-0.25, -0.2) is 8.93 Å². The van der Waals surface area contributed by atoms with Crippen LogP contribution in [0.25, 0.3) is 0 Å². The predicted octanol–water partition coefficient (Wildman–Crippen LogP) is 5.86. The molecule has 1 N–H and O–H groups in total. The Balaban J connectivity index is 1.17. The molecule has 298 valence electrons. The van der Waals surface area contributed by atoms with Gasteiger partial charge in [0, 0.05) is 103 Å². The van der Waals surface area contributed by atoms with Crippen molar-refractivity contribution >= 4 is 45.4 Å². The highest BCUT2D eigenvalue weighted by Crippen LogP contribution is 2.50. The normalized spacial score (nSPS) is 30.1. The van der Waals surface area contributed by atoms with Gasteiger partial charge in [0.25, 0.3) is 0 Å². The molecular formula is C42H61ClN4O5S2. The van der Waals surface area contributed by atoms with E-state index in [1.165, 1.54) is 11.1 Å². The zero-order valence-electron chi connectivity index (χ0n) is 32.7. The Morgan fingerprint density at radius 1 is 1.19 bits per heavy atom. The van der Waals surface area contributed by atoms with E-state index in [1.54, 1.807) is 7.05 Å². The molecule has 54 heavy (non-hydrogen) atoms. The van der Waals surface area contributed by atoms with Gasteiger partial charge >= 0.3 is 0 Å². The van der Waals surface area contributed by atoms with Crippen molar-refractivity contribution in [2.45, 2.75) is 87.5 Å². The zero-order valence-corrected chi connectivity index (χ0v) is 35.1. The van der Waals surface area contributed by atoms with E-state index in [0.29, 0.717) is 36.0 Å². The number of rotatable bonds is 14. The zero-order chi connectivity index (χ0) is 38.0. The minimum atomic E-state index is -1.06. The number of halogens is 1. The van der Waals surface area contributed by atoms with Gasteiger partial charge in [-0.3, -0.25) is 18.8 Å². The maximum Gasteiger partial charge on any atom is 0.150 e. The topological polar surface area (TPSA) is 91.4 Å². The molecule has 3 fully saturated rings. The van der Waals surface area contributed by atoms with Crippen molar-refractivity contribution in [2.24, 2.45) is 17.8 Å². The van der Waals surface area contributed by atoms with Gasteiger partial charge in [-0.2, -0.15) is 0 Å². The van der Waals surface area contributed by atoms with Crippen LogP contribution in [0, 0.1) is 17.8 Å². The number of fused-ring (bicyclic) bond motifs is 4. The Hall–Kier alpha value is -1.86. The van der Waals surface area contributed by atoms with Crippen molar-refractivity contribution in [3.05, 3.63) is 58.1 Å². The summed E-state index contributed by atoms with van der Waals surface area (Å²) in [4.78, 5) is 19.8. The quantitative estimate of drug-likeness (QED) is 0.238. The molecule has 2 aromatic carbocycles. The third-order valence-corrected chi connectivity index (χ3v) is 17.1. The van der Waals surface area contributed by atoms with Crippen LogP contribution in [0.15, 0.2) is 36.4 Å². The van der Waals surface area contributed by atoms with Crippen LogP contribution in [0.3, 0.4) is 0 Å². The molecule has 12 heteroatoms. The molecule has 1 saturated carbocycles. The maximum absolute atomic E-state index is 12.6. The summed E-state index contributed by atoms with van der Waals surface area (Å²) >= 11 is 6.52. The molecule has 2 aliphatic carbocycles. The number of hydrogen-bond donors (Lipinski definition) is 1. The Kier molecular flexibility index (Phi) is 12.9. The third-order valence-electron chi connectivity index (χ3n) is 13.9. The first kappa shape index (κ1) is 40.3. The predicted molar refractivity (Wildman–Crippen MR) is 221 cm³/mol. The van der Waals surface area contributed by atoms with Gasteiger partial charge in [0.2, 0.25) is 0 Å². The average molecular weight is 802 g/mol. The van der Waals surface area contributed by atoms with Crippen molar-refractivity contribution in [1.82, 2.24) is 14.5 Å². The number of hydrogen-bond acceptors (Lipinski definition) is 8. The maximum atomic E-state index is 12.6. The molecule has 0 aromatic heterocycles. The minimum absolute atomic E-state index is 0.0680. The second-order valence-electron chi connectivity index (χ2n) is 17.0. The lowest BCUT2D eigenvalue weighted by atomic mass is 9.62. The number of benzene rings is 2. The number of carbonyl (C=O) groups is 1. The molecule has 0 radical (unpaired) electrons. The summed E-state index contributed by atoms with van der Waals surface area (Å²) in [6.07, 6.45) is 9.25. The molecule has 3 heterocycles. The van der Waals surface area contributed by atoms with E-state index in [0.717, 1.165) is 131 Å². The lowest BCUT2D eigenvalue weighted by Gasteiger charge is -2.54. The second kappa shape index (κ2) is 17.3. The minimum Gasteiger partial charge on any atom is -0.490 e. The summed E-state index contributed by atoms with van der Waals surface area (Å²) in [5.74, 6) is 3.47. The van der Waals surface area contributed by atoms with E-state index in [1.807, 2.05) is 31.4 Å². The van der Waals surface area contributed by atoms with E-state index < -0.39 is 21.8 Å². The Morgan fingerprint density at radius 2 is 2.04 bits per heavy atom. The SMILES string of the molecule is CNS(=O)C(C)C(C)CCC[C@@](CN1CCN2CCS(=O)CC2C1)(OC)C1CCC1CN1C[C@@]2(CCCc3cc(Cl)ccc32)COc2ccc(C=O)cc21. The number of ether oxygens (including phenoxy) is 2. The first-order chi connectivity index (χ1) is 26.1. The molecule has 1 spiro atoms. The number of carbonyl (C=O) groups excluding carboxylic acids is 1. The second-order valence-corrected chi connectivity index (χ2v) is 20.8. The summed E-state index contributed by atoms with van der Waals surface area (Å²) in [5, 5.41) is 0.847. The van der Waals surface area contributed by atoms with E-state index in [9.17, 15) is 13.2 Å². The van der Waals surface area contributed by atoms with Crippen LogP contribution in [-0.4, -0.2) is 119 Å². The summed E-state index contributed by atoms with van der Waals surface area (Å²) in [6, 6.07) is 12.6. The Morgan fingerprint density at radius 3 is 2.80 bits per heavy atom. The van der Waals surface area contributed by atoms with Gasteiger partial charge in [0.15, 0.2) is 0 Å². The molecule has 3 aliphatic heterocycles. The molecule has 2 saturated heterocycles. The third kappa shape index (κ3) is 8.39. The fraction of sp³-hybridized carbons (Fsp3) is 0.690. The van der Waals surface area contributed by atoms with Crippen molar-refractivity contribution < 1.29 is 22.7 Å². The Bertz CT molecular complexity index is 1700. The summed E-state index contributed by atoms with van der Waals surface area (Å²) in [6.45, 7) is 11.3. The van der Waals surface area contributed by atoms with Crippen molar-refractivity contribution in [1.29, 1.82) is 0 Å². The number of aldehydes is 1. The lowest BCUT2D eigenvalue weighted by Crippen LogP contribution is -2.63. The molecule has 7 unspecified atom stereocenters. The van der Waals surface area contributed by atoms with E-state index >= 15 is 0 Å². The van der Waals surface area contributed by atoms with Gasteiger partial charge in [-0.1, -0.05) is 31.0 Å². The van der Waals surface area contributed by atoms with Crippen LogP contribution >= 0.6 is 11.6 Å². The van der Waals surface area contributed by atoms with Crippen LogP contribution in [0.2, 0.25) is 5.02 Å². The van der Waals surface area contributed by atoms with Crippen LogP contribution < -0.4 is 14.4 Å². The Labute approximate surface area is 333 Å². The number of methoxy groups -OCH3 is 1. The van der Waals surface area contributed by atoms with Crippen molar-refractivity contribution in [3.8, 4) is 5.75 Å². The highest BCUT2D eigenvalue weighted by Gasteiger charge is 2.51. The van der Waals surface area contributed by atoms with Gasteiger partial charge in [0.05, 0.1) is 28.9 Å². The number of piperazine rings is 1. The monoisotopic (exact) mass is 800 g/mol. The molecule has 7 rings (SSSR count). The van der Waals surface area contributed by atoms with Crippen LogP contribution in [-0.2, 0) is 38.4 Å². The van der Waals surface area contributed by atoms with Gasteiger partial charge < -0.3 is 14.4 Å². The number of nitrogens with zero attached hydrogens (tertiary/aromatic N) is 3. The summed E-state index contributed by atoms with van der Waals surface area (Å²) in [7, 11) is 1.90. The molecule has 9 nitrogen and oxygen atoms in total. The highest BCUT2D eigenvalue weighted by atomic mass is 35.5. The molecular weight excluding hydrogens is 740 g/mol. The standard InChI is InChI=1S/C42H61ClN4O5S2/c1-30(31(2)54(50)44-3)7-5-16-42(51-4,28-45-17-18-46-19-20-53(49)26-36(46)24-45)38-12-10-34(38)23-47-27-41(15-6-8-33-22-35(43)11-13-37(33)41)29-52-40-14-9-32(25-48)21-39(40)47/h9,11,13-14,21-22,25,30-31,34,36,38,44H,5-8,10,12,15-20,23-24,26-29H2,1-4H3/t30?,31?,34?,36?,38?,41-,42-,53?,54?/m0/s1. The largest absolute Gasteiger partial charge is 0.490 e. The van der Waals surface area contributed by atoms with Gasteiger partial charge in [-0.15, -0.1) is 0 Å². The van der Waals surface area contributed by atoms with E-state index in [4.69, 9.17) is 21.1 Å². The van der Waals surface area contributed by atoms with E-state index in [2.05, 4.69) is 45.4 Å². The van der Waals surface area contributed by atoms with Crippen molar-refractivity contribution in [2.75, 3.05) is 83.0 Å². The summed E-state index contributed by atoms with van der Waals surface area (Å²) in [5.41, 5.74) is 3.81. The molecule has 2 aromatic rings. The molecule has 0 bridgehead atoms. The fourth-order valence-electron chi connectivity index (χ4n) is 10.5. The van der Waals surface area contributed by atoms with Gasteiger partial charge in [-0.05, 0) is 118 Å². The number of anilines is 1. The van der Waals surface area contributed by atoms with Crippen LogP contribution in [0.1, 0.15) is 80.3 Å². The first-order valence-corrected chi connectivity index (χ1v) is 23.4. The average Bonchev–Trinajstić information content (AvgIpc) is 3.31. The van der Waals surface area contributed by atoms with Gasteiger partial charge in [0.1, 0.15) is 12.0 Å². The van der Waals surface area contributed by atoms with Crippen molar-refractivity contribution in [3.63, 3.8) is 0 Å². The molecule has 0 amide bonds.